The summed E-state index contributed by atoms with van der Waals surface area (Å²) in [7, 11) is 0. The van der Waals surface area contributed by atoms with E-state index in [4.69, 9.17) is 9.47 Å². The summed E-state index contributed by atoms with van der Waals surface area (Å²) in [5, 5.41) is 6.79. The second-order valence-electron chi connectivity index (χ2n) is 10.7. The Bertz CT molecular complexity index is 2050. The van der Waals surface area contributed by atoms with Crippen LogP contribution >= 0.6 is 0 Å². The molecule has 7 aromatic carbocycles. The Labute approximate surface area is 242 Å². The molecule has 4 nitrogen and oxygen atoms in total. The van der Waals surface area contributed by atoms with Crippen molar-refractivity contribution in [1.29, 1.82) is 0 Å². The van der Waals surface area contributed by atoms with E-state index in [0.717, 1.165) is 32.7 Å². The van der Waals surface area contributed by atoms with Crippen LogP contribution < -0.4 is 9.47 Å². The van der Waals surface area contributed by atoms with Gasteiger partial charge in [-0.05, 0) is 71.8 Å². The molecule has 7 aromatic rings. The average Bonchev–Trinajstić information content (AvgIpc) is 3.01. The van der Waals surface area contributed by atoms with Crippen LogP contribution in [0, 0.1) is 13.8 Å². The first-order valence-electron chi connectivity index (χ1n) is 13.8. The number of carbonyl (C=O) groups is 2. The van der Waals surface area contributed by atoms with Crippen LogP contribution in [0.2, 0.25) is 0 Å². The molecule has 0 heterocycles. The number of aryl methyl sites for hydroxylation is 2. The number of hydrogen-bond donors (Lipinski definition) is 0. The molecule has 0 saturated carbocycles. The quantitative estimate of drug-likeness (QED) is 0.125. The number of rotatable bonds is 4. The Morgan fingerprint density at radius 2 is 0.833 bits per heavy atom. The van der Waals surface area contributed by atoms with Gasteiger partial charge in [0, 0.05) is 21.5 Å². The Morgan fingerprint density at radius 1 is 0.429 bits per heavy atom. The molecule has 0 spiro atoms. The molecule has 0 unspecified atom stereocenters. The van der Waals surface area contributed by atoms with Gasteiger partial charge in [-0.15, -0.1) is 0 Å². The van der Waals surface area contributed by atoms with E-state index in [1.165, 1.54) is 0 Å². The van der Waals surface area contributed by atoms with Crippen LogP contribution in [0.5, 0.6) is 11.5 Å². The van der Waals surface area contributed by atoms with Crippen LogP contribution in [0.25, 0.3) is 43.1 Å². The Hall–Kier alpha value is -5.48. The number of esters is 2. The van der Waals surface area contributed by atoms with E-state index < -0.39 is 11.9 Å². The summed E-state index contributed by atoms with van der Waals surface area (Å²) >= 11 is 0. The summed E-state index contributed by atoms with van der Waals surface area (Å²) in [5.41, 5.74) is 2.90. The van der Waals surface area contributed by atoms with E-state index in [1.54, 1.807) is 12.1 Å². The lowest BCUT2D eigenvalue weighted by atomic mass is 9.97. The molecular formula is C38H26O4. The Morgan fingerprint density at radius 3 is 1.26 bits per heavy atom. The van der Waals surface area contributed by atoms with E-state index >= 15 is 0 Å². The normalized spacial score (nSPS) is 11.3. The van der Waals surface area contributed by atoms with Gasteiger partial charge in [-0.1, -0.05) is 96.1 Å². The molecule has 0 aliphatic carbocycles. The average molecular weight is 547 g/mol. The zero-order valence-corrected chi connectivity index (χ0v) is 23.2. The van der Waals surface area contributed by atoms with Gasteiger partial charge in [0.15, 0.2) is 0 Å². The van der Waals surface area contributed by atoms with Gasteiger partial charge in [-0.2, -0.15) is 0 Å². The zero-order chi connectivity index (χ0) is 28.8. The van der Waals surface area contributed by atoms with Crippen molar-refractivity contribution >= 4 is 55.0 Å². The lowest BCUT2D eigenvalue weighted by Gasteiger charge is -2.17. The summed E-state index contributed by atoms with van der Waals surface area (Å²) < 4.78 is 12.4. The van der Waals surface area contributed by atoms with Crippen molar-refractivity contribution in [3.8, 4) is 11.5 Å². The molecule has 0 aromatic heterocycles. The van der Waals surface area contributed by atoms with Crippen molar-refractivity contribution < 1.29 is 19.1 Å². The zero-order valence-electron chi connectivity index (χ0n) is 23.2. The molecule has 0 saturated heterocycles. The van der Waals surface area contributed by atoms with Gasteiger partial charge in [-0.25, -0.2) is 9.59 Å². The van der Waals surface area contributed by atoms with Gasteiger partial charge in [0.2, 0.25) is 0 Å². The maximum Gasteiger partial charge on any atom is 0.343 e. The highest BCUT2D eigenvalue weighted by molar-refractivity contribution is 6.14. The van der Waals surface area contributed by atoms with Crippen LogP contribution in [0.15, 0.2) is 121 Å². The third-order valence-corrected chi connectivity index (χ3v) is 7.69. The van der Waals surface area contributed by atoms with Crippen molar-refractivity contribution in [3.05, 3.63) is 144 Å². The molecule has 42 heavy (non-hydrogen) atoms. The van der Waals surface area contributed by atoms with Crippen molar-refractivity contribution in [2.75, 3.05) is 0 Å². The minimum Gasteiger partial charge on any atom is -0.422 e. The molecule has 0 aliphatic heterocycles. The molecule has 0 fully saturated rings. The third kappa shape index (κ3) is 4.53. The molecule has 7 rings (SSSR count). The van der Waals surface area contributed by atoms with Crippen LogP contribution in [0.4, 0.5) is 0 Å². The maximum atomic E-state index is 13.5. The first kappa shape index (κ1) is 25.5. The minimum atomic E-state index is -0.452. The van der Waals surface area contributed by atoms with E-state index in [1.807, 2.05) is 123 Å². The molecule has 4 heteroatoms. The summed E-state index contributed by atoms with van der Waals surface area (Å²) in [4.78, 5) is 27.1. The van der Waals surface area contributed by atoms with Gasteiger partial charge < -0.3 is 9.47 Å². The highest BCUT2D eigenvalue weighted by atomic mass is 16.5. The van der Waals surface area contributed by atoms with Gasteiger partial charge >= 0.3 is 11.9 Å². The van der Waals surface area contributed by atoms with Gasteiger partial charge in [0.05, 0.1) is 11.1 Å². The van der Waals surface area contributed by atoms with Crippen molar-refractivity contribution in [3.63, 3.8) is 0 Å². The Balaban J connectivity index is 1.36. The van der Waals surface area contributed by atoms with Crippen LogP contribution in [-0.4, -0.2) is 11.9 Å². The van der Waals surface area contributed by atoms with Crippen molar-refractivity contribution in [2.45, 2.75) is 13.8 Å². The molecule has 0 radical (unpaired) electrons. The van der Waals surface area contributed by atoms with E-state index in [9.17, 15) is 9.59 Å². The third-order valence-electron chi connectivity index (χ3n) is 7.69. The lowest BCUT2D eigenvalue weighted by molar-refractivity contribution is 0.0726. The van der Waals surface area contributed by atoms with Crippen LogP contribution in [-0.2, 0) is 0 Å². The number of ether oxygens (including phenoxy) is 2. The fraction of sp³-hybridized carbons (Fsp3) is 0.0526. The summed E-state index contributed by atoms with van der Waals surface area (Å²) in [6.45, 7) is 3.96. The highest BCUT2D eigenvalue weighted by Gasteiger charge is 2.22. The summed E-state index contributed by atoms with van der Waals surface area (Å²) in [6.07, 6.45) is 0. The maximum absolute atomic E-state index is 13.5. The highest BCUT2D eigenvalue weighted by Crippen LogP contribution is 2.44. The minimum absolute atomic E-state index is 0.437. The molecule has 0 amide bonds. The number of carbonyl (C=O) groups excluding carboxylic acids is 2. The topological polar surface area (TPSA) is 52.6 Å². The van der Waals surface area contributed by atoms with Crippen molar-refractivity contribution in [2.24, 2.45) is 0 Å². The largest absolute Gasteiger partial charge is 0.422 e. The molecular weight excluding hydrogens is 520 g/mol. The van der Waals surface area contributed by atoms with Crippen LogP contribution in [0.3, 0.4) is 0 Å². The Kier molecular flexibility index (Phi) is 6.17. The summed E-state index contributed by atoms with van der Waals surface area (Å²) in [5.74, 6) is -0.0302. The van der Waals surface area contributed by atoms with E-state index in [0.29, 0.717) is 44.2 Å². The first-order chi connectivity index (χ1) is 20.4. The molecule has 0 bridgehead atoms. The number of fused-ring (bicyclic) bond motifs is 4. The number of hydrogen-bond acceptors (Lipinski definition) is 4. The fourth-order valence-electron chi connectivity index (χ4n) is 5.53. The van der Waals surface area contributed by atoms with E-state index in [2.05, 4.69) is 0 Å². The molecule has 0 atom stereocenters. The predicted octanol–water partition coefficient (Wildman–Crippen LogP) is 9.35. The first-order valence-corrected chi connectivity index (χ1v) is 13.8. The second kappa shape index (κ2) is 10.2. The van der Waals surface area contributed by atoms with Gasteiger partial charge in [-0.3, -0.25) is 0 Å². The van der Waals surface area contributed by atoms with Gasteiger partial charge in [0.25, 0.3) is 0 Å². The lowest BCUT2D eigenvalue weighted by Crippen LogP contribution is -2.11. The molecule has 0 aliphatic rings. The van der Waals surface area contributed by atoms with Crippen LogP contribution in [0.1, 0.15) is 31.8 Å². The van der Waals surface area contributed by atoms with Gasteiger partial charge in [0.1, 0.15) is 11.5 Å². The smallest absolute Gasteiger partial charge is 0.343 e. The standard InChI is InChI=1S/C38H26O4/c1-23-11-17-31-33(19-23)35(41-37(39)29-15-13-25-7-3-5-9-27(25)21-29)32-18-12-24(2)20-34(32)36(31)42-38(40)30-16-14-26-8-4-6-10-28(26)22-30/h3-22H,1-2H3. The fourth-order valence-corrected chi connectivity index (χ4v) is 5.53. The second-order valence-corrected chi connectivity index (χ2v) is 10.7. The molecule has 0 N–H and O–H groups in total. The molecule has 202 valence electrons. The summed E-state index contributed by atoms with van der Waals surface area (Å²) in [6, 6.07) is 38.6. The monoisotopic (exact) mass is 546 g/mol. The number of benzene rings is 7. The predicted molar refractivity (Wildman–Crippen MR) is 169 cm³/mol. The van der Waals surface area contributed by atoms with Crippen molar-refractivity contribution in [1.82, 2.24) is 0 Å². The SMILES string of the molecule is Cc1ccc2c(OC(=O)c3ccc4ccccc4c3)c3cc(C)ccc3c(OC(=O)c3ccc4ccccc4c3)c2c1. The van der Waals surface area contributed by atoms with E-state index in [-0.39, 0.29) is 0 Å².